The lowest BCUT2D eigenvalue weighted by Gasteiger charge is -1.95. The van der Waals surface area contributed by atoms with Crippen molar-refractivity contribution >= 4 is 6.29 Å². The number of epoxide rings is 2. The van der Waals surface area contributed by atoms with E-state index in [9.17, 15) is 4.79 Å². The van der Waals surface area contributed by atoms with Gasteiger partial charge in [-0.2, -0.15) is 0 Å². The Kier molecular flexibility index (Phi) is 4.67. The van der Waals surface area contributed by atoms with Gasteiger partial charge >= 0.3 is 0 Å². The first kappa shape index (κ1) is 12.2. The topological polar surface area (TPSA) is 51.4 Å². The highest BCUT2D eigenvalue weighted by atomic mass is 16.6. The maximum atomic E-state index is 10.0. The Balaban J connectivity index is 0.000000128. The molecule has 2 atom stereocenters. The van der Waals surface area contributed by atoms with Crippen LogP contribution in [0.25, 0.3) is 0 Å². The number of ether oxygens (including phenoxy) is 3. The van der Waals surface area contributed by atoms with Crippen LogP contribution < -0.4 is 0 Å². The van der Waals surface area contributed by atoms with Gasteiger partial charge in [0.1, 0.15) is 18.5 Å². The Morgan fingerprint density at radius 1 is 1.12 bits per heavy atom. The molecule has 4 heteroatoms. The minimum Gasteiger partial charge on any atom is -0.376 e. The lowest BCUT2D eigenvalue weighted by molar-refractivity contribution is 0.102. The van der Waals surface area contributed by atoms with Crippen molar-refractivity contribution in [3.8, 4) is 0 Å². The maximum Gasteiger partial charge on any atom is 0.150 e. The normalized spacial score (nSPS) is 24.5. The van der Waals surface area contributed by atoms with Crippen LogP contribution in [0.3, 0.4) is 0 Å². The Labute approximate surface area is 100 Å². The van der Waals surface area contributed by atoms with E-state index in [2.05, 4.69) is 0 Å². The summed E-state index contributed by atoms with van der Waals surface area (Å²) in [6.07, 6.45) is 1.62. The smallest absolute Gasteiger partial charge is 0.150 e. The fraction of sp³-hybridized carbons (Fsp3) is 0.462. The number of rotatable bonds is 5. The molecule has 0 amide bonds. The van der Waals surface area contributed by atoms with Gasteiger partial charge in [0.2, 0.25) is 0 Å². The monoisotopic (exact) mass is 236 g/mol. The van der Waals surface area contributed by atoms with Gasteiger partial charge in [-0.25, -0.2) is 0 Å². The molecule has 3 rings (SSSR count). The number of hydrogen-bond donors (Lipinski definition) is 0. The minimum absolute atomic E-state index is 0.392. The molecule has 2 heterocycles. The van der Waals surface area contributed by atoms with Crippen molar-refractivity contribution in [3.63, 3.8) is 0 Å². The average Bonchev–Trinajstić information content (AvgIpc) is 3.25. The molecule has 92 valence electrons. The average molecular weight is 236 g/mol. The minimum atomic E-state index is 0.392. The summed E-state index contributed by atoms with van der Waals surface area (Å²) in [6.45, 7) is 3.26. The summed E-state index contributed by atoms with van der Waals surface area (Å²) in [5, 5.41) is 0. The van der Waals surface area contributed by atoms with E-state index in [1.54, 1.807) is 12.1 Å². The van der Waals surface area contributed by atoms with Crippen LogP contribution in [0, 0.1) is 0 Å². The highest BCUT2D eigenvalue weighted by molar-refractivity contribution is 5.74. The first-order chi connectivity index (χ1) is 8.38. The van der Waals surface area contributed by atoms with Crippen LogP contribution in [0.1, 0.15) is 10.4 Å². The van der Waals surface area contributed by atoms with Crippen molar-refractivity contribution in [1.82, 2.24) is 0 Å². The second-order valence-corrected chi connectivity index (χ2v) is 3.98. The van der Waals surface area contributed by atoms with Crippen molar-refractivity contribution in [2.75, 3.05) is 26.4 Å². The maximum absolute atomic E-state index is 10.0. The van der Waals surface area contributed by atoms with Gasteiger partial charge in [0.15, 0.2) is 0 Å². The van der Waals surface area contributed by atoms with E-state index in [4.69, 9.17) is 14.2 Å². The number of carbonyl (C=O) groups excluding carboxylic acids is 1. The van der Waals surface area contributed by atoms with Crippen molar-refractivity contribution in [1.29, 1.82) is 0 Å². The molecule has 0 N–H and O–H groups in total. The van der Waals surface area contributed by atoms with Gasteiger partial charge in [0.25, 0.3) is 0 Å². The summed E-state index contributed by atoms with van der Waals surface area (Å²) in [7, 11) is 0. The third-order valence-electron chi connectivity index (χ3n) is 2.35. The zero-order chi connectivity index (χ0) is 11.9. The Morgan fingerprint density at radius 2 is 1.65 bits per heavy atom. The molecule has 1 aromatic carbocycles. The number of hydrogen-bond acceptors (Lipinski definition) is 4. The molecule has 0 radical (unpaired) electrons. The van der Waals surface area contributed by atoms with E-state index in [1.165, 1.54) is 0 Å². The third kappa shape index (κ3) is 5.58. The van der Waals surface area contributed by atoms with E-state index in [-0.39, 0.29) is 0 Å². The van der Waals surface area contributed by atoms with Crippen LogP contribution in [0.4, 0.5) is 0 Å². The predicted octanol–water partition coefficient (Wildman–Crippen LogP) is 1.30. The van der Waals surface area contributed by atoms with Gasteiger partial charge in [-0.3, -0.25) is 4.79 Å². The highest BCUT2D eigenvalue weighted by Gasteiger charge is 2.26. The zero-order valence-electron chi connectivity index (χ0n) is 9.58. The standard InChI is InChI=1S/C7H6O.C6H10O3/c8-6-7-4-2-1-3-5-7;1(5-3-8-5)7-2-6-4-9-6/h1-6H;5-6H,1-4H2. The van der Waals surface area contributed by atoms with E-state index in [0.29, 0.717) is 12.2 Å². The summed E-state index contributed by atoms with van der Waals surface area (Å²) in [6, 6.07) is 9.10. The van der Waals surface area contributed by atoms with E-state index < -0.39 is 0 Å². The predicted molar refractivity (Wildman–Crippen MR) is 62.1 cm³/mol. The molecule has 2 fully saturated rings. The second-order valence-electron chi connectivity index (χ2n) is 3.98. The first-order valence-electron chi connectivity index (χ1n) is 5.69. The molecule has 2 unspecified atom stereocenters. The fourth-order valence-electron chi connectivity index (χ4n) is 1.19. The molecule has 0 bridgehead atoms. The van der Waals surface area contributed by atoms with Crippen LogP contribution in [0.15, 0.2) is 30.3 Å². The highest BCUT2D eigenvalue weighted by Crippen LogP contribution is 2.12. The van der Waals surface area contributed by atoms with Crippen LogP contribution >= 0.6 is 0 Å². The fourth-order valence-corrected chi connectivity index (χ4v) is 1.19. The van der Waals surface area contributed by atoms with Gasteiger partial charge in [0, 0.05) is 5.56 Å². The lowest BCUT2D eigenvalue weighted by atomic mass is 10.2. The molecule has 0 aliphatic carbocycles. The largest absolute Gasteiger partial charge is 0.376 e. The third-order valence-corrected chi connectivity index (χ3v) is 2.35. The van der Waals surface area contributed by atoms with Gasteiger partial charge in [-0.1, -0.05) is 30.3 Å². The van der Waals surface area contributed by atoms with E-state index in [1.807, 2.05) is 18.2 Å². The van der Waals surface area contributed by atoms with Crippen molar-refractivity contribution in [2.45, 2.75) is 12.2 Å². The molecule has 2 aliphatic heterocycles. The van der Waals surface area contributed by atoms with Crippen molar-refractivity contribution in [2.24, 2.45) is 0 Å². The van der Waals surface area contributed by atoms with Crippen LogP contribution in [0.5, 0.6) is 0 Å². The molecular weight excluding hydrogens is 220 g/mol. The molecule has 1 aromatic rings. The Morgan fingerprint density at radius 3 is 2.00 bits per heavy atom. The summed E-state index contributed by atoms with van der Waals surface area (Å²) >= 11 is 0. The molecule has 4 nitrogen and oxygen atoms in total. The van der Waals surface area contributed by atoms with Gasteiger partial charge in [-0.05, 0) is 0 Å². The van der Waals surface area contributed by atoms with Crippen molar-refractivity contribution < 1.29 is 19.0 Å². The molecule has 0 spiro atoms. The first-order valence-corrected chi connectivity index (χ1v) is 5.69. The van der Waals surface area contributed by atoms with E-state index in [0.717, 1.165) is 38.3 Å². The molecule has 17 heavy (non-hydrogen) atoms. The van der Waals surface area contributed by atoms with Crippen LogP contribution in [-0.4, -0.2) is 44.9 Å². The SMILES string of the molecule is C(OCC1CO1)C1CO1.O=Cc1ccccc1. The summed E-state index contributed by atoms with van der Waals surface area (Å²) in [4.78, 5) is 10.0. The molecule has 2 saturated heterocycles. The van der Waals surface area contributed by atoms with Gasteiger partial charge in [-0.15, -0.1) is 0 Å². The quantitative estimate of drug-likeness (QED) is 0.571. The zero-order valence-corrected chi connectivity index (χ0v) is 9.58. The number of benzene rings is 1. The van der Waals surface area contributed by atoms with Crippen LogP contribution in [-0.2, 0) is 14.2 Å². The summed E-state index contributed by atoms with van der Waals surface area (Å²) < 4.78 is 15.1. The second kappa shape index (κ2) is 6.49. The lowest BCUT2D eigenvalue weighted by Crippen LogP contribution is -2.06. The Hall–Kier alpha value is -1.23. The Bertz CT molecular complexity index is 319. The van der Waals surface area contributed by atoms with Crippen molar-refractivity contribution in [3.05, 3.63) is 35.9 Å². The van der Waals surface area contributed by atoms with E-state index >= 15 is 0 Å². The molecular formula is C13H16O4. The number of aldehydes is 1. The molecule has 0 saturated carbocycles. The molecule has 0 aromatic heterocycles. The molecule has 2 aliphatic rings. The summed E-state index contributed by atoms with van der Waals surface area (Å²) in [5.41, 5.74) is 0.729. The van der Waals surface area contributed by atoms with Crippen LogP contribution in [0.2, 0.25) is 0 Å². The van der Waals surface area contributed by atoms with Gasteiger partial charge < -0.3 is 14.2 Å². The van der Waals surface area contributed by atoms with Gasteiger partial charge in [0.05, 0.1) is 26.4 Å². The summed E-state index contributed by atoms with van der Waals surface area (Å²) in [5.74, 6) is 0. The number of carbonyl (C=O) groups is 1.